The fourth-order valence-electron chi connectivity index (χ4n) is 2.36. The van der Waals surface area contributed by atoms with Crippen LogP contribution >= 0.6 is 0 Å². The lowest BCUT2D eigenvalue weighted by atomic mass is 10.2. The molecule has 1 aliphatic rings. The van der Waals surface area contributed by atoms with Crippen LogP contribution in [0, 0.1) is 0 Å². The first kappa shape index (κ1) is 12.3. The summed E-state index contributed by atoms with van der Waals surface area (Å²) in [6.45, 7) is 6.21. The Labute approximate surface area is 112 Å². The predicted octanol–water partition coefficient (Wildman–Crippen LogP) is 0.517. The summed E-state index contributed by atoms with van der Waals surface area (Å²) in [5, 5.41) is 0. The van der Waals surface area contributed by atoms with Gasteiger partial charge < -0.3 is 4.98 Å². The van der Waals surface area contributed by atoms with Gasteiger partial charge >= 0.3 is 0 Å². The molecule has 6 heteroatoms. The average molecular weight is 258 g/mol. The molecule has 6 nitrogen and oxygen atoms in total. The molecule has 3 rings (SSSR count). The van der Waals surface area contributed by atoms with Crippen molar-refractivity contribution in [2.24, 2.45) is 0 Å². The summed E-state index contributed by atoms with van der Waals surface area (Å²) >= 11 is 0. The third-order valence-corrected chi connectivity index (χ3v) is 3.44. The van der Waals surface area contributed by atoms with E-state index in [0.29, 0.717) is 0 Å². The number of hydrogen-bond donors (Lipinski definition) is 1. The maximum Gasteiger partial charge on any atom is 0.115 e. The topological polar surface area (TPSA) is 60.9 Å². The summed E-state index contributed by atoms with van der Waals surface area (Å²) in [7, 11) is 0. The van der Waals surface area contributed by atoms with Crippen LogP contribution in [0.2, 0.25) is 0 Å². The maximum atomic E-state index is 4.27. The third-order valence-electron chi connectivity index (χ3n) is 3.44. The lowest BCUT2D eigenvalue weighted by molar-refractivity contribution is 0.120. The SMILES string of the molecule is c1cc(CN2CCN(Cc3cnc[nH]3)CC2)ncn1. The second-order valence-corrected chi connectivity index (χ2v) is 4.83. The van der Waals surface area contributed by atoms with Crippen LogP contribution in [0.1, 0.15) is 11.4 Å². The molecule has 0 spiro atoms. The number of piperazine rings is 1. The van der Waals surface area contributed by atoms with Crippen LogP contribution < -0.4 is 0 Å². The van der Waals surface area contributed by atoms with E-state index in [0.717, 1.165) is 45.0 Å². The van der Waals surface area contributed by atoms with Crippen molar-refractivity contribution in [3.8, 4) is 0 Å². The van der Waals surface area contributed by atoms with E-state index in [2.05, 4.69) is 29.7 Å². The highest BCUT2D eigenvalue weighted by atomic mass is 15.3. The van der Waals surface area contributed by atoms with Gasteiger partial charge in [-0.05, 0) is 6.07 Å². The van der Waals surface area contributed by atoms with Gasteiger partial charge in [0.1, 0.15) is 6.33 Å². The standard InChI is InChI=1S/C13H18N6/c1-2-14-10-16-12(1)8-18-3-5-19(6-4-18)9-13-7-15-11-17-13/h1-2,7,10-11H,3-6,8-9H2,(H,15,17). The minimum atomic E-state index is 0.917. The molecule has 0 saturated carbocycles. The van der Waals surface area contributed by atoms with Gasteiger partial charge in [0.05, 0.1) is 12.0 Å². The zero-order chi connectivity index (χ0) is 12.9. The van der Waals surface area contributed by atoms with E-state index in [1.807, 2.05) is 12.3 Å². The molecule has 0 amide bonds. The highest BCUT2D eigenvalue weighted by molar-refractivity contribution is 4.98. The van der Waals surface area contributed by atoms with Crippen LogP contribution in [0.4, 0.5) is 0 Å². The molecule has 19 heavy (non-hydrogen) atoms. The lowest BCUT2D eigenvalue weighted by Crippen LogP contribution is -2.45. The van der Waals surface area contributed by atoms with E-state index in [-0.39, 0.29) is 0 Å². The molecule has 0 unspecified atom stereocenters. The molecule has 0 aromatic carbocycles. The number of rotatable bonds is 4. The Hall–Kier alpha value is -1.79. The molecule has 1 saturated heterocycles. The lowest BCUT2D eigenvalue weighted by Gasteiger charge is -2.34. The molecule has 0 atom stereocenters. The Morgan fingerprint density at radius 3 is 2.47 bits per heavy atom. The zero-order valence-corrected chi connectivity index (χ0v) is 10.9. The number of hydrogen-bond acceptors (Lipinski definition) is 5. The summed E-state index contributed by atoms with van der Waals surface area (Å²) in [6, 6.07) is 1.98. The fourth-order valence-corrected chi connectivity index (χ4v) is 2.36. The molecule has 100 valence electrons. The van der Waals surface area contributed by atoms with Crippen molar-refractivity contribution in [1.82, 2.24) is 29.7 Å². The van der Waals surface area contributed by atoms with Crippen LogP contribution in [0.3, 0.4) is 0 Å². The maximum absolute atomic E-state index is 4.27. The Morgan fingerprint density at radius 2 is 1.84 bits per heavy atom. The molecule has 2 aromatic rings. The van der Waals surface area contributed by atoms with Crippen LogP contribution in [0.15, 0.2) is 31.1 Å². The number of H-pyrrole nitrogens is 1. The minimum absolute atomic E-state index is 0.917. The van der Waals surface area contributed by atoms with Gasteiger partial charge in [0, 0.05) is 57.4 Å². The number of aromatic nitrogens is 4. The van der Waals surface area contributed by atoms with Gasteiger partial charge in [0.2, 0.25) is 0 Å². The van der Waals surface area contributed by atoms with Crippen LogP contribution in [0.5, 0.6) is 0 Å². The minimum Gasteiger partial charge on any atom is -0.347 e. The van der Waals surface area contributed by atoms with E-state index in [4.69, 9.17) is 0 Å². The van der Waals surface area contributed by atoms with Crippen molar-refractivity contribution in [3.05, 3.63) is 42.5 Å². The zero-order valence-electron chi connectivity index (χ0n) is 10.9. The number of imidazole rings is 1. The Kier molecular flexibility index (Phi) is 3.81. The summed E-state index contributed by atoms with van der Waals surface area (Å²) in [6.07, 6.45) is 7.05. The van der Waals surface area contributed by atoms with Gasteiger partial charge in [0.25, 0.3) is 0 Å². The fraction of sp³-hybridized carbons (Fsp3) is 0.462. The third kappa shape index (κ3) is 3.36. The molecule has 3 heterocycles. The predicted molar refractivity (Wildman–Crippen MR) is 71.2 cm³/mol. The smallest absolute Gasteiger partial charge is 0.115 e. The average Bonchev–Trinajstić information content (AvgIpc) is 2.95. The Bertz CT molecular complexity index is 475. The van der Waals surface area contributed by atoms with Crippen LogP contribution in [-0.2, 0) is 13.1 Å². The highest BCUT2D eigenvalue weighted by Crippen LogP contribution is 2.08. The molecule has 1 fully saturated rings. The van der Waals surface area contributed by atoms with Gasteiger partial charge in [-0.3, -0.25) is 9.80 Å². The van der Waals surface area contributed by atoms with Gasteiger partial charge in [0.15, 0.2) is 0 Å². The highest BCUT2D eigenvalue weighted by Gasteiger charge is 2.17. The van der Waals surface area contributed by atoms with E-state index >= 15 is 0 Å². The largest absolute Gasteiger partial charge is 0.347 e. The molecule has 1 N–H and O–H groups in total. The van der Waals surface area contributed by atoms with Crippen molar-refractivity contribution in [2.75, 3.05) is 26.2 Å². The van der Waals surface area contributed by atoms with E-state index in [9.17, 15) is 0 Å². The van der Waals surface area contributed by atoms with Gasteiger partial charge in [-0.1, -0.05) is 0 Å². The molecule has 0 aliphatic carbocycles. The summed E-state index contributed by atoms with van der Waals surface area (Å²) < 4.78 is 0. The normalized spacial score (nSPS) is 17.7. The monoisotopic (exact) mass is 258 g/mol. The van der Waals surface area contributed by atoms with Crippen molar-refractivity contribution < 1.29 is 0 Å². The summed E-state index contributed by atoms with van der Waals surface area (Å²) in [5.41, 5.74) is 2.28. The Balaban J connectivity index is 1.47. The first-order valence-electron chi connectivity index (χ1n) is 6.57. The quantitative estimate of drug-likeness (QED) is 0.866. The molecule has 2 aromatic heterocycles. The van der Waals surface area contributed by atoms with Crippen molar-refractivity contribution >= 4 is 0 Å². The number of nitrogens with zero attached hydrogens (tertiary/aromatic N) is 5. The number of nitrogens with one attached hydrogen (secondary N) is 1. The van der Waals surface area contributed by atoms with Crippen LogP contribution in [-0.4, -0.2) is 55.9 Å². The van der Waals surface area contributed by atoms with Gasteiger partial charge in [-0.15, -0.1) is 0 Å². The number of aromatic amines is 1. The molecular formula is C13H18N6. The van der Waals surface area contributed by atoms with E-state index < -0.39 is 0 Å². The van der Waals surface area contributed by atoms with Crippen molar-refractivity contribution in [1.29, 1.82) is 0 Å². The van der Waals surface area contributed by atoms with E-state index in [1.54, 1.807) is 18.9 Å². The first-order valence-corrected chi connectivity index (χ1v) is 6.57. The second-order valence-electron chi connectivity index (χ2n) is 4.83. The summed E-state index contributed by atoms with van der Waals surface area (Å²) in [4.78, 5) is 20.3. The molecule has 0 bridgehead atoms. The molecular weight excluding hydrogens is 240 g/mol. The summed E-state index contributed by atoms with van der Waals surface area (Å²) in [5.74, 6) is 0. The Morgan fingerprint density at radius 1 is 1.05 bits per heavy atom. The molecule has 1 aliphatic heterocycles. The molecule has 0 radical (unpaired) electrons. The van der Waals surface area contributed by atoms with E-state index in [1.165, 1.54) is 5.69 Å². The van der Waals surface area contributed by atoms with Crippen molar-refractivity contribution in [3.63, 3.8) is 0 Å². The first-order chi connectivity index (χ1) is 9.40. The van der Waals surface area contributed by atoms with Gasteiger partial charge in [-0.25, -0.2) is 15.0 Å². The van der Waals surface area contributed by atoms with Crippen molar-refractivity contribution in [2.45, 2.75) is 13.1 Å². The van der Waals surface area contributed by atoms with Crippen LogP contribution in [0.25, 0.3) is 0 Å². The second kappa shape index (κ2) is 5.90. The van der Waals surface area contributed by atoms with Gasteiger partial charge in [-0.2, -0.15) is 0 Å².